The molecule has 0 aromatic heterocycles. The van der Waals surface area contributed by atoms with Gasteiger partial charge in [0.15, 0.2) is 0 Å². The quantitative estimate of drug-likeness (QED) is 0.519. The Kier molecular flexibility index (Phi) is 1.58. The first-order chi connectivity index (χ1) is 3.83. The summed E-state index contributed by atoms with van der Waals surface area (Å²) in [5.41, 5.74) is 0. The third-order valence-electron chi connectivity index (χ3n) is 0.982. The minimum absolute atomic E-state index is 0.241. The molecule has 0 aliphatic carbocycles. The highest BCUT2D eigenvalue weighted by Crippen LogP contribution is 2.14. The summed E-state index contributed by atoms with van der Waals surface area (Å²) in [5.74, 6) is 0.780. The minimum Gasteiger partial charge on any atom is -0.360 e. The third-order valence-corrected chi connectivity index (χ3v) is 1.89. The third kappa shape index (κ3) is 1.04. The van der Waals surface area contributed by atoms with Crippen LogP contribution in [-0.4, -0.2) is 22.4 Å². The topological polar surface area (TPSA) is 20.3 Å². The predicted molar refractivity (Wildman–Crippen MR) is 34.4 cm³/mol. The van der Waals surface area contributed by atoms with Crippen LogP contribution in [0.25, 0.3) is 0 Å². The second-order valence-corrected chi connectivity index (χ2v) is 2.58. The molecule has 8 heavy (non-hydrogen) atoms. The molecule has 1 rings (SSSR count). The van der Waals surface area contributed by atoms with Gasteiger partial charge in [-0.3, -0.25) is 4.79 Å². The smallest absolute Gasteiger partial charge is 0.209 e. The van der Waals surface area contributed by atoms with E-state index in [2.05, 4.69) is 6.58 Å². The van der Waals surface area contributed by atoms with E-state index in [1.54, 1.807) is 6.20 Å². The van der Waals surface area contributed by atoms with Gasteiger partial charge in [-0.1, -0.05) is 18.3 Å². The van der Waals surface area contributed by atoms with E-state index >= 15 is 0 Å². The summed E-state index contributed by atoms with van der Waals surface area (Å²) in [7, 11) is 0. The molecule has 1 saturated heterocycles. The maximum atomic E-state index is 10.5. The molecule has 0 N–H and O–H groups in total. The van der Waals surface area contributed by atoms with E-state index in [0.29, 0.717) is 6.54 Å². The lowest BCUT2D eigenvalue weighted by atomic mass is 10.6. The van der Waals surface area contributed by atoms with Gasteiger partial charge in [0.2, 0.25) is 5.12 Å². The second-order valence-electron chi connectivity index (χ2n) is 1.57. The Morgan fingerprint density at radius 3 is 2.88 bits per heavy atom. The fourth-order valence-electron chi connectivity index (χ4n) is 0.529. The molecular weight excluding hydrogens is 122 g/mol. The van der Waals surface area contributed by atoms with Crippen molar-refractivity contribution in [1.29, 1.82) is 0 Å². The highest BCUT2D eigenvalue weighted by atomic mass is 32.2. The monoisotopic (exact) mass is 129 g/mol. The summed E-state index contributed by atoms with van der Waals surface area (Å²) in [6, 6.07) is 0. The molecular formula is C5H7NOS. The van der Waals surface area contributed by atoms with E-state index in [1.165, 1.54) is 11.8 Å². The lowest BCUT2D eigenvalue weighted by Crippen LogP contribution is -2.11. The summed E-state index contributed by atoms with van der Waals surface area (Å²) in [5, 5.41) is 0.241. The van der Waals surface area contributed by atoms with Crippen molar-refractivity contribution in [2.75, 3.05) is 12.4 Å². The standard InChI is InChI=1S/C5H7NOS/c1-2-6-3-5(7)8-4-6/h2H,1,3-4H2. The van der Waals surface area contributed by atoms with Gasteiger partial charge in [0.1, 0.15) is 0 Å². The average molecular weight is 129 g/mol. The Hall–Kier alpha value is -0.440. The van der Waals surface area contributed by atoms with Crippen LogP contribution in [0, 0.1) is 0 Å². The van der Waals surface area contributed by atoms with Crippen molar-refractivity contribution >= 4 is 16.9 Å². The first-order valence-electron chi connectivity index (χ1n) is 2.35. The Morgan fingerprint density at radius 1 is 1.88 bits per heavy atom. The van der Waals surface area contributed by atoms with Gasteiger partial charge in [-0.15, -0.1) is 0 Å². The van der Waals surface area contributed by atoms with Crippen LogP contribution >= 0.6 is 11.8 Å². The van der Waals surface area contributed by atoms with Crippen molar-refractivity contribution < 1.29 is 4.79 Å². The zero-order valence-corrected chi connectivity index (χ0v) is 5.28. The van der Waals surface area contributed by atoms with Crippen LogP contribution < -0.4 is 0 Å². The number of thioether (sulfide) groups is 1. The molecule has 2 nitrogen and oxygen atoms in total. The highest BCUT2D eigenvalue weighted by molar-refractivity contribution is 8.14. The van der Waals surface area contributed by atoms with Gasteiger partial charge in [0, 0.05) is 0 Å². The van der Waals surface area contributed by atoms with Gasteiger partial charge >= 0.3 is 0 Å². The molecule has 0 amide bonds. The fourth-order valence-corrected chi connectivity index (χ4v) is 1.29. The van der Waals surface area contributed by atoms with Crippen LogP contribution in [0.3, 0.4) is 0 Å². The molecule has 0 aromatic carbocycles. The van der Waals surface area contributed by atoms with Crippen molar-refractivity contribution in [3.05, 3.63) is 12.8 Å². The summed E-state index contributed by atoms with van der Waals surface area (Å²) in [6.07, 6.45) is 1.69. The lowest BCUT2D eigenvalue weighted by molar-refractivity contribution is -0.110. The maximum absolute atomic E-state index is 10.5. The van der Waals surface area contributed by atoms with Crippen LogP contribution in [-0.2, 0) is 4.79 Å². The zero-order chi connectivity index (χ0) is 5.98. The Balaban J connectivity index is 2.43. The van der Waals surface area contributed by atoms with E-state index in [4.69, 9.17) is 0 Å². The minimum atomic E-state index is 0.241. The van der Waals surface area contributed by atoms with E-state index < -0.39 is 0 Å². The molecule has 0 aromatic rings. The number of hydrogen-bond acceptors (Lipinski definition) is 3. The van der Waals surface area contributed by atoms with Crippen LogP contribution in [0.1, 0.15) is 0 Å². The molecule has 0 atom stereocenters. The summed E-state index contributed by atoms with van der Waals surface area (Å²) >= 11 is 1.35. The van der Waals surface area contributed by atoms with Crippen LogP contribution in [0.15, 0.2) is 12.8 Å². The predicted octanol–water partition coefficient (Wildman–Crippen LogP) is 0.663. The average Bonchev–Trinajstić information content (AvgIpc) is 2.14. The summed E-state index contributed by atoms with van der Waals surface area (Å²) < 4.78 is 0. The molecule has 1 aliphatic rings. The number of carbonyl (C=O) groups is 1. The van der Waals surface area contributed by atoms with Crippen molar-refractivity contribution in [2.24, 2.45) is 0 Å². The number of carbonyl (C=O) groups excluding carboxylic acids is 1. The van der Waals surface area contributed by atoms with E-state index in [9.17, 15) is 4.79 Å². The maximum Gasteiger partial charge on any atom is 0.209 e. The SMILES string of the molecule is C=CN1CSC(=O)C1. The van der Waals surface area contributed by atoms with Gasteiger partial charge in [0.25, 0.3) is 0 Å². The highest BCUT2D eigenvalue weighted by Gasteiger charge is 2.15. The second kappa shape index (κ2) is 2.22. The molecule has 0 saturated carbocycles. The Labute approximate surface area is 52.5 Å². The van der Waals surface area contributed by atoms with E-state index in [-0.39, 0.29) is 5.12 Å². The van der Waals surface area contributed by atoms with Crippen molar-refractivity contribution in [2.45, 2.75) is 0 Å². The van der Waals surface area contributed by atoms with Crippen LogP contribution in [0.4, 0.5) is 0 Å². The molecule has 1 aliphatic heterocycles. The van der Waals surface area contributed by atoms with Gasteiger partial charge < -0.3 is 4.90 Å². The molecule has 3 heteroatoms. The van der Waals surface area contributed by atoms with Gasteiger partial charge in [-0.2, -0.15) is 0 Å². The first-order valence-corrected chi connectivity index (χ1v) is 3.33. The molecule has 0 bridgehead atoms. The summed E-state index contributed by atoms with van der Waals surface area (Å²) in [6.45, 7) is 4.07. The molecule has 1 fully saturated rings. The first kappa shape index (κ1) is 5.69. The van der Waals surface area contributed by atoms with Gasteiger partial charge in [-0.25, -0.2) is 0 Å². The summed E-state index contributed by atoms with van der Waals surface area (Å²) in [4.78, 5) is 12.4. The van der Waals surface area contributed by atoms with Crippen molar-refractivity contribution in [3.8, 4) is 0 Å². The van der Waals surface area contributed by atoms with Crippen molar-refractivity contribution in [1.82, 2.24) is 4.90 Å². The molecule has 0 spiro atoms. The van der Waals surface area contributed by atoms with Gasteiger partial charge in [-0.05, 0) is 6.20 Å². The van der Waals surface area contributed by atoms with Crippen LogP contribution in [0.2, 0.25) is 0 Å². The Morgan fingerprint density at radius 2 is 2.62 bits per heavy atom. The number of nitrogens with zero attached hydrogens (tertiary/aromatic N) is 1. The number of hydrogen-bond donors (Lipinski definition) is 0. The molecule has 44 valence electrons. The Bertz CT molecular complexity index is 124. The van der Waals surface area contributed by atoms with E-state index in [1.807, 2.05) is 4.90 Å². The van der Waals surface area contributed by atoms with Crippen LogP contribution in [0.5, 0.6) is 0 Å². The normalized spacial score (nSPS) is 19.5. The zero-order valence-electron chi connectivity index (χ0n) is 4.46. The molecule has 0 unspecified atom stereocenters. The van der Waals surface area contributed by atoms with Crippen molar-refractivity contribution in [3.63, 3.8) is 0 Å². The fraction of sp³-hybridized carbons (Fsp3) is 0.400. The lowest BCUT2D eigenvalue weighted by Gasteiger charge is -2.04. The molecule has 0 radical (unpaired) electrons. The van der Waals surface area contributed by atoms with Gasteiger partial charge in [0.05, 0.1) is 12.4 Å². The van der Waals surface area contributed by atoms with E-state index in [0.717, 1.165) is 5.88 Å². The molecule has 1 heterocycles. The largest absolute Gasteiger partial charge is 0.360 e. The number of rotatable bonds is 1.